The summed E-state index contributed by atoms with van der Waals surface area (Å²) >= 11 is 0. The van der Waals surface area contributed by atoms with Crippen LogP contribution in [0.15, 0.2) is 90.6 Å². The molecule has 0 atom stereocenters. The van der Waals surface area contributed by atoms with Crippen LogP contribution in [0.5, 0.6) is 5.75 Å². The lowest BCUT2D eigenvalue weighted by Crippen LogP contribution is -2.30. The van der Waals surface area contributed by atoms with E-state index in [1.165, 1.54) is 6.92 Å². The van der Waals surface area contributed by atoms with Gasteiger partial charge in [-0.15, -0.1) is 0 Å². The van der Waals surface area contributed by atoms with Crippen LogP contribution in [0.1, 0.15) is 22.8 Å². The van der Waals surface area contributed by atoms with Crippen LogP contribution >= 0.6 is 0 Å². The number of esters is 1. The number of amides is 2. The number of carbonyl (C=O) groups excluding carboxylic acids is 3. The average molecular weight is 400 g/mol. The number of hydrogen-bond acceptors (Lipinski definition) is 4. The summed E-state index contributed by atoms with van der Waals surface area (Å²) in [4.78, 5) is 36.5. The standard InChI is InChI=1S/C24H20N2O4/c1-17(27)30-21-14-12-18(13-15-21)16-22(24(29)25-20-10-6-3-7-11-20)26-23(28)19-8-4-2-5-9-19/h2-16H,1H3,(H,25,29)(H,26,28)/b22-16+. The Labute approximate surface area is 174 Å². The normalized spacial score (nSPS) is 10.8. The number of ether oxygens (including phenoxy) is 1. The van der Waals surface area contributed by atoms with Crippen LogP contribution in [0.4, 0.5) is 5.69 Å². The van der Waals surface area contributed by atoms with Gasteiger partial charge in [0.05, 0.1) is 0 Å². The molecule has 3 aromatic carbocycles. The van der Waals surface area contributed by atoms with E-state index in [-0.39, 0.29) is 5.70 Å². The smallest absolute Gasteiger partial charge is 0.308 e. The number of carbonyl (C=O) groups is 3. The largest absolute Gasteiger partial charge is 0.427 e. The lowest BCUT2D eigenvalue weighted by atomic mass is 10.1. The molecule has 0 saturated carbocycles. The molecule has 6 heteroatoms. The number of rotatable bonds is 6. The van der Waals surface area contributed by atoms with Crippen LogP contribution in [0.25, 0.3) is 6.08 Å². The summed E-state index contributed by atoms with van der Waals surface area (Å²) in [5.74, 6) is -0.893. The minimum absolute atomic E-state index is 0.0768. The van der Waals surface area contributed by atoms with Crippen molar-refractivity contribution in [1.82, 2.24) is 5.32 Å². The molecule has 3 rings (SSSR count). The van der Waals surface area contributed by atoms with Gasteiger partial charge < -0.3 is 15.4 Å². The molecule has 0 bridgehead atoms. The first-order valence-electron chi connectivity index (χ1n) is 9.24. The molecule has 30 heavy (non-hydrogen) atoms. The van der Waals surface area contributed by atoms with Crippen molar-refractivity contribution in [3.63, 3.8) is 0 Å². The molecule has 6 nitrogen and oxygen atoms in total. The zero-order valence-electron chi connectivity index (χ0n) is 16.3. The molecule has 0 aliphatic carbocycles. The number of para-hydroxylation sites is 1. The van der Waals surface area contributed by atoms with Gasteiger partial charge in [-0.05, 0) is 48.0 Å². The monoisotopic (exact) mass is 400 g/mol. The third-order valence-corrected chi connectivity index (χ3v) is 4.01. The summed E-state index contributed by atoms with van der Waals surface area (Å²) in [5.41, 5.74) is 1.76. The SMILES string of the molecule is CC(=O)Oc1ccc(/C=C(/NC(=O)c2ccccc2)C(=O)Nc2ccccc2)cc1. The summed E-state index contributed by atoms with van der Waals surface area (Å²) in [5, 5.41) is 5.44. The highest BCUT2D eigenvalue weighted by Gasteiger charge is 2.15. The van der Waals surface area contributed by atoms with Crippen molar-refractivity contribution in [2.45, 2.75) is 6.92 Å². The zero-order valence-corrected chi connectivity index (χ0v) is 16.3. The van der Waals surface area contributed by atoms with E-state index in [2.05, 4.69) is 10.6 Å². The molecule has 3 aromatic rings. The third-order valence-electron chi connectivity index (χ3n) is 4.01. The first kappa shape index (κ1) is 20.5. The molecular formula is C24H20N2O4. The van der Waals surface area contributed by atoms with Gasteiger partial charge in [0, 0.05) is 18.2 Å². The zero-order chi connectivity index (χ0) is 21.3. The van der Waals surface area contributed by atoms with E-state index < -0.39 is 17.8 Å². The average Bonchev–Trinajstić information content (AvgIpc) is 2.75. The Morgan fingerprint density at radius 3 is 2.00 bits per heavy atom. The minimum atomic E-state index is -0.463. The van der Waals surface area contributed by atoms with Crippen molar-refractivity contribution >= 4 is 29.5 Å². The van der Waals surface area contributed by atoms with Gasteiger partial charge in [0.1, 0.15) is 11.4 Å². The van der Waals surface area contributed by atoms with Crippen molar-refractivity contribution < 1.29 is 19.1 Å². The van der Waals surface area contributed by atoms with Gasteiger partial charge in [0.15, 0.2) is 0 Å². The highest BCUT2D eigenvalue weighted by molar-refractivity contribution is 6.10. The van der Waals surface area contributed by atoms with Gasteiger partial charge in [0.25, 0.3) is 11.8 Å². The van der Waals surface area contributed by atoms with Crippen LogP contribution in [-0.2, 0) is 9.59 Å². The first-order valence-corrected chi connectivity index (χ1v) is 9.24. The van der Waals surface area contributed by atoms with Crippen LogP contribution in [0.3, 0.4) is 0 Å². The summed E-state index contributed by atoms with van der Waals surface area (Å²) in [6.07, 6.45) is 1.55. The first-order chi connectivity index (χ1) is 14.5. The molecule has 150 valence electrons. The molecule has 0 aromatic heterocycles. The molecule has 2 N–H and O–H groups in total. The van der Waals surface area contributed by atoms with E-state index in [4.69, 9.17) is 4.74 Å². The van der Waals surface area contributed by atoms with Crippen molar-refractivity contribution in [2.24, 2.45) is 0 Å². The topological polar surface area (TPSA) is 84.5 Å². The predicted octanol–water partition coefficient (Wildman–Crippen LogP) is 4.02. The second kappa shape index (κ2) is 9.84. The number of benzene rings is 3. The summed E-state index contributed by atoms with van der Waals surface area (Å²) in [6, 6.07) is 24.2. The molecule has 0 radical (unpaired) electrons. The summed E-state index contributed by atoms with van der Waals surface area (Å²) < 4.78 is 5.01. The van der Waals surface area contributed by atoms with Crippen LogP contribution in [0.2, 0.25) is 0 Å². The van der Waals surface area contributed by atoms with Gasteiger partial charge in [-0.2, -0.15) is 0 Å². The molecule has 0 saturated heterocycles. The lowest BCUT2D eigenvalue weighted by molar-refractivity contribution is -0.131. The second-order valence-electron chi connectivity index (χ2n) is 6.36. The van der Waals surface area contributed by atoms with E-state index in [9.17, 15) is 14.4 Å². The Morgan fingerprint density at radius 2 is 1.40 bits per heavy atom. The van der Waals surface area contributed by atoms with Gasteiger partial charge in [-0.1, -0.05) is 48.5 Å². The lowest BCUT2D eigenvalue weighted by Gasteiger charge is -2.11. The Morgan fingerprint density at radius 1 is 0.800 bits per heavy atom. The van der Waals surface area contributed by atoms with Crippen molar-refractivity contribution in [3.8, 4) is 5.75 Å². The maximum Gasteiger partial charge on any atom is 0.308 e. The van der Waals surface area contributed by atoms with Crippen LogP contribution in [0, 0.1) is 0 Å². The fourth-order valence-electron chi connectivity index (χ4n) is 2.63. The molecule has 0 aliphatic rings. The van der Waals surface area contributed by atoms with E-state index >= 15 is 0 Å². The number of hydrogen-bond donors (Lipinski definition) is 2. The van der Waals surface area contributed by atoms with Crippen molar-refractivity contribution in [1.29, 1.82) is 0 Å². The van der Waals surface area contributed by atoms with E-state index in [1.807, 2.05) is 6.07 Å². The minimum Gasteiger partial charge on any atom is -0.427 e. The fourth-order valence-corrected chi connectivity index (χ4v) is 2.63. The van der Waals surface area contributed by atoms with Gasteiger partial charge in [0.2, 0.25) is 0 Å². The maximum absolute atomic E-state index is 12.8. The van der Waals surface area contributed by atoms with Crippen molar-refractivity contribution in [2.75, 3.05) is 5.32 Å². The van der Waals surface area contributed by atoms with Gasteiger partial charge in [-0.3, -0.25) is 14.4 Å². The summed E-state index contributed by atoms with van der Waals surface area (Å²) in [7, 11) is 0. The molecular weight excluding hydrogens is 380 g/mol. The molecule has 0 spiro atoms. The van der Waals surface area contributed by atoms with Crippen LogP contribution in [-0.4, -0.2) is 17.8 Å². The number of nitrogens with one attached hydrogen (secondary N) is 2. The highest BCUT2D eigenvalue weighted by atomic mass is 16.5. The molecule has 2 amide bonds. The Balaban J connectivity index is 1.86. The fraction of sp³-hybridized carbons (Fsp3) is 0.0417. The predicted molar refractivity (Wildman–Crippen MR) is 115 cm³/mol. The Bertz CT molecular complexity index is 1060. The van der Waals surface area contributed by atoms with Crippen LogP contribution < -0.4 is 15.4 Å². The number of anilines is 1. The highest BCUT2D eigenvalue weighted by Crippen LogP contribution is 2.16. The quantitative estimate of drug-likeness (QED) is 0.372. The molecule has 0 fully saturated rings. The van der Waals surface area contributed by atoms with Crippen molar-refractivity contribution in [3.05, 3.63) is 102 Å². The Hall–Kier alpha value is -4.19. The molecule has 0 aliphatic heterocycles. The second-order valence-corrected chi connectivity index (χ2v) is 6.36. The summed E-state index contributed by atoms with van der Waals surface area (Å²) in [6.45, 7) is 1.32. The van der Waals surface area contributed by atoms with E-state index in [0.29, 0.717) is 22.6 Å². The van der Waals surface area contributed by atoms with Gasteiger partial charge >= 0.3 is 5.97 Å². The third kappa shape index (κ3) is 5.90. The maximum atomic E-state index is 12.8. The Kier molecular flexibility index (Phi) is 6.74. The molecule has 0 unspecified atom stereocenters. The van der Waals surface area contributed by atoms with E-state index in [1.54, 1.807) is 84.9 Å². The molecule has 0 heterocycles. The van der Waals surface area contributed by atoms with E-state index in [0.717, 1.165) is 0 Å². The van der Waals surface area contributed by atoms with Gasteiger partial charge in [-0.25, -0.2) is 0 Å².